The van der Waals surface area contributed by atoms with E-state index in [1.165, 1.54) is 13.1 Å². The van der Waals surface area contributed by atoms with E-state index in [9.17, 15) is 14.9 Å². The monoisotopic (exact) mass is 354 g/mol. The summed E-state index contributed by atoms with van der Waals surface area (Å²) in [5, 5.41) is 12.5. The number of piperazine rings is 1. The van der Waals surface area contributed by atoms with Crippen LogP contribution >= 0.6 is 0 Å². The van der Waals surface area contributed by atoms with Crippen LogP contribution in [-0.4, -0.2) is 47.8 Å². The van der Waals surface area contributed by atoms with Crippen LogP contribution in [0, 0.1) is 11.3 Å². The molecule has 0 spiro atoms. The van der Waals surface area contributed by atoms with Gasteiger partial charge in [-0.3, -0.25) is 9.59 Å². The van der Waals surface area contributed by atoms with E-state index in [1.807, 2.05) is 24.3 Å². The lowest BCUT2D eigenvalue weighted by atomic mass is 9.97. The number of para-hydroxylation sites is 1. The number of anilines is 1. The van der Waals surface area contributed by atoms with Crippen molar-refractivity contribution in [1.82, 2.24) is 9.80 Å². The van der Waals surface area contributed by atoms with Crippen molar-refractivity contribution in [3.05, 3.63) is 41.6 Å². The van der Waals surface area contributed by atoms with Crippen LogP contribution in [0.15, 0.2) is 36.0 Å². The van der Waals surface area contributed by atoms with Gasteiger partial charge in [0, 0.05) is 45.0 Å². The van der Waals surface area contributed by atoms with Gasteiger partial charge >= 0.3 is 0 Å². The van der Waals surface area contributed by atoms with Crippen LogP contribution in [-0.2, 0) is 9.59 Å². The second-order valence-corrected chi connectivity index (χ2v) is 6.51. The smallest absolute Gasteiger partial charge is 0.266 e. The number of carbonyl (C=O) groups excluding carboxylic acids is 2. The third-order valence-corrected chi connectivity index (χ3v) is 4.84. The van der Waals surface area contributed by atoms with E-state index < -0.39 is 0 Å². The third-order valence-electron chi connectivity index (χ3n) is 4.84. The molecular formula is C20H26N4O2. The zero-order valence-corrected chi connectivity index (χ0v) is 15.7. The van der Waals surface area contributed by atoms with Crippen molar-refractivity contribution in [2.24, 2.45) is 0 Å². The second kappa shape index (κ2) is 9.04. The summed E-state index contributed by atoms with van der Waals surface area (Å²) in [4.78, 5) is 27.3. The summed E-state index contributed by atoms with van der Waals surface area (Å²) < 4.78 is 0. The molecule has 0 bridgehead atoms. The molecule has 1 heterocycles. The first-order valence-electron chi connectivity index (χ1n) is 8.98. The summed E-state index contributed by atoms with van der Waals surface area (Å²) in [6.07, 6.45) is 2.49. The molecule has 1 fully saturated rings. The van der Waals surface area contributed by atoms with Crippen LogP contribution < -0.4 is 5.32 Å². The van der Waals surface area contributed by atoms with Crippen molar-refractivity contribution >= 4 is 17.5 Å². The molecule has 2 amide bonds. The Morgan fingerprint density at radius 1 is 1.23 bits per heavy atom. The maximum atomic E-state index is 12.6. The Balaban J connectivity index is 2.08. The van der Waals surface area contributed by atoms with Crippen molar-refractivity contribution in [3.8, 4) is 6.07 Å². The van der Waals surface area contributed by atoms with Gasteiger partial charge in [-0.15, -0.1) is 0 Å². The van der Waals surface area contributed by atoms with E-state index >= 15 is 0 Å². The van der Waals surface area contributed by atoms with Gasteiger partial charge in [0.15, 0.2) is 0 Å². The molecular weight excluding hydrogens is 328 g/mol. The van der Waals surface area contributed by atoms with Crippen LogP contribution in [0.1, 0.15) is 38.7 Å². The number of nitrogens with one attached hydrogen (secondary N) is 1. The standard InChI is InChI=1S/C20H26N4O2/c1-4-15(2)18-7-5-6-8-19(18)22-14-17(13-21)20(26)24-11-9-23(10-12-24)16(3)25/h5-8,14-15,22H,4,9-12H2,1-3H3/b17-14-. The summed E-state index contributed by atoms with van der Waals surface area (Å²) in [5.74, 6) is 0.0914. The number of benzene rings is 1. The molecule has 6 heteroatoms. The van der Waals surface area contributed by atoms with Crippen molar-refractivity contribution in [2.75, 3.05) is 31.5 Å². The lowest BCUT2D eigenvalue weighted by Crippen LogP contribution is -2.50. The minimum absolute atomic E-state index is 0.0106. The van der Waals surface area contributed by atoms with Gasteiger partial charge in [-0.2, -0.15) is 5.26 Å². The molecule has 1 aliphatic heterocycles. The Hall–Kier alpha value is -2.81. The molecule has 26 heavy (non-hydrogen) atoms. The largest absolute Gasteiger partial charge is 0.360 e. The number of carbonyl (C=O) groups is 2. The first-order chi connectivity index (χ1) is 12.5. The fourth-order valence-electron chi connectivity index (χ4n) is 2.96. The molecule has 1 unspecified atom stereocenters. The van der Waals surface area contributed by atoms with E-state index in [4.69, 9.17) is 0 Å². The average Bonchev–Trinajstić information content (AvgIpc) is 2.68. The summed E-state index contributed by atoms with van der Waals surface area (Å²) in [7, 11) is 0. The highest BCUT2D eigenvalue weighted by molar-refractivity contribution is 5.97. The van der Waals surface area contributed by atoms with E-state index in [-0.39, 0.29) is 17.4 Å². The highest BCUT2D eigenvalue weighted by Gasteiger charge is 2.24. The SMILES string of the molecule is CCC(C)c1ccccc1N/C=C(/C#N)C(=O)N1CCN(C(C)=O)CC1. The van der Waals surface area contributed by atoms with Gasteiger partial charge in [0.1, 0.15) is 11.6 Å². The quantitative estimate of drug-likeness (QED) is 0.651. The highest BCUT2D eigenvalue weighted by Crippen LogP contribution is 2.26. The van der Waals surface area contributed by atoms with Crippen molar-refractivity contribution in [2.45, 2.75) is 33.1 Å². The lowest BCUT2D eigenvalue weighted by molar-refractivity contribution is -0.136. The maximum Gasteiger partial charge on any atom is 0.266 e. The minimum Gasteiger partial charge on any atom is -0.360 e. The Bertz CT molecular complexity index is 728. The molecule has 138 valence electrons. The molecule has 1 N–H and O–H groups in total. The topological polar surface area (TPSA) is 76.4 Å². The first kappa shape index (κ1) is 19.5. The van der Waals surface area contributed by atoms with Crippen LogP contribution in [0.25, 0.3) is 0 Å². The predicted molar refractivity (Wildman–Crippen MR) is 101 cm³/mol. The van der Waals surface area contributed by atoms with Gasteiger partial charge in [0.05, 0.1) is 0 Å². The number of hydrogen-bond donors (Lipinski definition) is 1. The van der Waals surface area contributed by atoms with E-state index in [0.29, 0.717) is 32.1 Å². The van der Waals surface area contributed by atoms with Gasteiger partial charge in [-0.25, -0.2) is 0 Å². The molecule has 1 aromatic carbocycles. The van der Waals surface area contributed by atoms with E-state index in [2.05, 4.69) is 25.2 Å². The Kier molecular flexibility index (Phi) is 6.79. The maximum absolute atomic E-state index is 12.6. The molecule has 1 aliphatic rings. The fourth-order valence-corrected chi connectivity index (χ4v) is 2.96. The van der Waals surface area contributed by atoms with E-state index in [1.54, 1.807) is 9.80 Å². The molecule has 0 saturated carbocycles. The van der Waals surface area contributed by atoms with Crippen molar-refractivity contribution in [1.29, 1.82) is 5.26 Å². The summed E-state index contributed by atoms with van der Waals surface area (Å²) in [5.41, 5.74) is 2.13. The predicted octanol–water partition coefficient (Wildman–Crippen LogP) is 2.71. The van der Waals surface area contributed by atoms with Gasteiger partial charge in [0.2, 0.25) is 5.91 Å². The molecule has 0 aromatic heterocycles. The summed E-state index contributed by atoms with van der Waals surface area (Å²) in [6, 6.07) is 9.91. The number of amides is 2. The third kappa shape index (κ3) is 4.63. The van der Waals surface area contributed by atoms with Gasteiger partial charge in [-0.05, 0) is 24.0 Å². The molecule has 0 radical (unpaired) electrons. The number of hydrogen-bond acceptors (Lipinski definition) is 4. The number of nitriles is 1. The molecule has 1 saturated heterocycles. The average molecular weight is 354 g/mol. The van der Waals surface area contributed by atoms with Gasteiger partial charge in [-0.1, -0.05) is 32.0 Å². The zero-order valence-electron chi connectivity index (χ0n) is 15.7. The van der Waals surface area contributed by atoms with Crippen molar-refractivity contribution < 1.29 is 9.59 Å². The summed E-state index contributed by atoms with van der Waals surface area (Å²) >= 11 is 0. The lowest BCUT2D eigenvalue weighted by Gasteiger charge is -2.34. The Labute approximate surface area is 155 Å². The van der Waals surface area contributed by atoms with Crippen LogP contribution in [0.5, 0.6) is 0 Å². The van der Waals surface area contributed by atoms with Gasteiger partial charge in [0.25, 0.3) is 5.91 Å². The number of rotatable bonds is 5. The summed E-state index contributed by atoms with van der Waals surface area (Å²) in [6.45, 7) is 7.70. The molecule has 0 aliphatic carbocycles. The number of nitrogens with zero attached hydrogens (tertiary/aromatic N) is 3. The first-order valence-corrected chi connectivity index (χ1v) is 8.98. The van der Waals surface area contributed by atoms with Crippen molar-refractivity contribution in [3.63, 3.8) is 0 Å². The Morgan fingerprint density at radius 2 is 1.85 bits per heavy atom. The molecule has 2 rings (SSSR count). The molecule has 6 nitrogen and oxygen atoms in total. The highest BCUT2D eigenvalue weighted by atomic mass is 16.2. The van der Waals surface area contributed by atoms with Gasteiger partial charge < -0.3 is 15.1 Å². The molecule has 1 atom stereocenters. The van der Waals surface area contributed by atoms with E-state index in [0.717, 1.165) is 17.7 Å². The zero-order chi connectivity index (χ0) is 19.1. The van der Waals surface area contributed by atoms with Crippen LogP contribution in [0.3, 0.4) is 0 Å². The molecule has 1 aromatic rings. The minimum atomic E-state index is -0.302. The Morgan fingerprint density at radius 3 is 2.42 bits per heavy atom. The normalized spacial score (nSPS) is 16.0. The van der Waals surface area contributed by atoms with Crippen LogP contribution in [0.2, 0.25) is 0 Å². The fraction of sp³-hybridized carbons (Fsp3) is 0.450. The van der Waals surface area contributed by atoms with Crippen LogP contribution in [0.4, 0.5) is 5.69 Å². The second-order valence-electron chi connectivity index (χ2n) is 6.51.